The number of aromatic carboxylic acids is 1. The van der Waals surface area contributed by atoms with Crippen molar-refractivity contribution in [1.82, 2.24) is 94.5 Å². The minimum absolute atomic E-state index is 0.0592. The fraction of sp³-hybridized carbons (Fsp3) is 0.292. The molecular weight excluding hydrogens is 943 g/mol. The second kappa shape index (κ2) is 20.8. The van der Waals surface area contributed by atoms with Crippen molar-refractivity contribution in [2.75, 3.05) is 0 Å². The molecular formula is C48H48F2N20O3. The number of pyridine rings is 2. The van der Waals surface area contributed by atoms with Crippen LogP contribution < -0.4 is 11.1 Å². The molecule has 25 heteroatoms. The molecule has 0 radical (unpaired) electrons. The van der Waals surface area contributed by atoms with Gasteiger partial charge in [0.1, 0.15) is 35.6 Å². The molecule has 73 heavy (non-hydrogen) atoms. The van der Waals surface area contributed by atoms with Gasteiger partial charge in [0.05, 0.1) is 48.2 Å². The number of amides is 1. The first kappa shape index (κ1) is 47.7. The average Bonchev–Trinajstić information content (AvgIpc) is 3.86. The first-order valence-electron chi connectivity index (χ1n) is 23.6. The highest BCUT2D eigenvalue weighted by molar-refractivity contribution is 5.91. The van der Waals surface area contributed by atoms with E-state index in [1.807, 2.05) is 47.2 Å². The van der Waals surface area contributed by atoms with Gasteiger partial charge in [-0.2, -0.15) is 0 Å². The molecule has 2 aliphatic carbocycles. The summed E-state index contributed by atoms with van der Waals surface area (Å²) in [6.45, 7) is 4.60. The van der Waals surface area contributed by atoms with Crippen molar-refractivity contribution in [3.63, 3.8) is 0 Å². The monoisotopic (exact) mass is 990 g/mol. The van der Waals surface area contributed by atoms with E-state index in [1.54, 1.807) is 35.1 Å². The fourth-order valence-corrected chi connectivity index (χ4v) is 8.34. The fourth-order valence-electron chi connectivity index (χ4n) is 8.34. The van der Waals surface area contributed by atoms with Gasteiger partial charge in [0.25, 0.3) is 5.91 Å². The predicted molar refractivity (Wildman–Crippen MR) is 256 cm³/mol. The first-order valence-corrected chi connectivity index (χ1v) is 23.6. The molecule has 10 aromatic rings. The summed E-state index contributed by atoms with van der Waals surface area (Å²) in [6.07, 6.45) is 20.1. The van der Waals surface area contributed by atoms with Gasteiger partial charge in [-0.05, 0) is 118 Å². The predicted octanol–water partition coefficient (Wildman–Crippen LogP) is 4.83. The number of carboxylic acids is 1. The zero-order valence-electron chi connectivity index (χ0n) is 39.6. The lowest BCUT2D eigenvalue weighted by Crippen LogP contribution is -2.25. The lowest BCUT2D eigenvalue weighted by molar-refractivity contribution is 0.0690. The van der Waals surface area contributed by atoms with Crippen LogP contribution in [0.25, 0.3) is 22.7 Å². The highest BCUT2D eigenvalue weighted by atomic mass is 19.1. The number of aromatic nitrogens is 18. The van der Waals surface area contributed by atoms with Gasteiger partial charge < -0.3 is 25.0 Å². The van der Waals surface area contributed by atoms with Gasteiger partial charge in [-0.15, -0.1) is 20.4 Å². The van der Waals surface area contributed by atoms with Crippen molar-refractivity contribution in [2.24, 2.45) is 5.73 Å². The van der Waals surface area contributed by atoms with Crippen LogP contribution in [0.3, 0.4) is 0 Å². The number of hydrogen-bond donors (Lipinski definition) is 3. The summed E-state index contributed by atoms with van der Waals surface area (Å²) >= 11 is 0. The van der Waals surface area contributed by atoms with E-state index in [-0.39, 0.29) is 35.9 Å². The standard InChI is InChI=1S/C24H23FN10O.C14H13N5O2.C10H12FN5/c1-2-15-5-7-21(35-14-27-30-32-35)19(23(15)25)9-26-24(36)20-13-34(31-29-20)12-18-11-33-10-17(16-3-4-16)6-8-22(33)28-18;20-14(21)12-8-19(17-16-12)7-11-6-18-5-10(9-1-2-9)3-4-13(18)15-11;1-2-7-3-4-9(8(5-12)10(7)11)16-6-13-14-15-16/h5-8,10-11,13-14,16H,2-4,9,12H2,1H3,(H,26,36);3-6,8-9H,1-2,7H2,(H,20,21);3-4,6H,2,5,12H2,1H3. The maximum Gasteiger partial charge on any atom is 0.358 e. The largest absolute Gasteiger partial charge is 0.476 e. The molecule has 0 unspecified atom stereocenters. The van der Waals surface area contributed by atoms with E-state index in [1.165, 1.54) is 69.7 Å². The number of aryl methyl sites for hydroxylation is 2. The zero-order valence-corrected chi connectivity index (χ0v) is 39.6. The molecule has 4 N–H and O–H groups in total. The molecule has 23 nitrogen and oxygen atoms in total. The van der Waals surface area contributed by atoms with Crippen LogP contribution in [-0.4, -0.2) is 106 Å². The molecule has 0 bridgehead atoms. The number of carbonyl (C=O) groups is 2. The molecule has 0 saturated heterocycles. The van der Waals surface area contributed by atoms with Crippen LogP contribution in [-0.2, 0) is 39.0 Å². The van der Waals surface area contributed by atoms with Gasteiger partial charge in [0.15, 0.2) is 11.4 Å². The Morgan fingerprint density at radius 2 is 1.14 bits per heavy atom. The third-order valence-corrected chi connectivity index (χ3v) is 12.5. The number of imidazole rings is 2. The quantitative estimate of drug-likeness (QED) is 0.124. The van der Waals surface area contributed by atoms with Crippen molar-refractivity contribution in [2.45, 2.75) is 90.4 Å². The van der Waals surface area contributed by atoms with Gasteiger partial charge in [-0.3, -0.25) is 4.79 Å². The smallest absolute Gasteiger partial charge is 0.358 e. The van der Waals surface area contributed by atoms with Crippen molar-refractivity contribution in [3.05, 3.63) is 166 Å². The minimum atomic E-state index is -1.08. The lowest BCUT2D eigenvalue weighted by Gasteiger charge is -2.13. The van der Waals surface area contributed by atoms with E-state index in [2.05, 4.69) is 91.5 Å². The van der Waals surface area contributed by atoms with E-state index >= 15 is 4.39 Å². The number of nitrogens with one attached hydrogen (secondary N) is 1. The number of hydrogen-bond acceptors (Lipinski definition) is 15. The van der Waals surface area contributed by atoms with Gasteiger partial charge in [-0.1, -0.05) is 48.5 Å². The van der Waals surface area contributed by atoms with Gasteiger partial charge in [-0.25, -0.2) is 42.3 Å². The normalized spacial score (nSPS) is 13.2. The van der Waals surface area contributed by atoms with Crippen LogP contribution in [0.5, 0.6) is 0 Å². The average molecular weight is 991 g/mol. The Bertz CT molecular complexity index is 3560. The zero-order chi connectivity index (χ0) is 50.6. The number of nitrogens with zero attached hydrogens (tertiary/aromatic N) is 18. The van der Waals surface area contributed by atoms with Crippen LogP contribution in [0.1, 0.15) is 117 Å². The molecule has 0 spiro atoms. The lowest BCUT2D eigenvalue weighted by atomic mass is 10.0. The molecule has 2 saturated carbocycles. The molecule has 1 amide bonds. The van der Waals surface area contributed by atoms with Crippen LogP contribution in [0.2, 0.25) is 0 Å². The van der Waals surface area contributed by atoms with Crippen molar-refractivity contribution >= 4 is 23.2 Å². The van der Waals surface area contributed by atoms with Crippen LogP contribution in [0.15, 0.2) is 98.4 Å². The Labute approximate surface area is 413 Å². The molecule has 372 valence electrons. The summed E-state index contributed by atoms with van der Waals surface area (Å²) < 4.78 is 38.9. The molecule has 2 aliphatic rings. The second-order valence-electron chi connectivity index (χ2n) is 17.6. The van der Waals surface area contributed by atoms with Gasteiger partial charge in [0, 0.05) is 49.0 Å². The van der Waals surface area contributed by atoms with E-state index < -0.39 is 17.7 Å². The van der Waals surface area contributed by atoms with E-state index in [4.69, 9.17) is 10.8 Å². The van der Waals surface area contributed by atoms with Crippen LogP contribution in [0.4, 0.5) is 8.78 Å². The van der Waals surface area contributed by atoms with Crippen LogP contribution >= 0.6 is 0 Å². The molecule has 2 aromatic carbocycles. The number of carbonyl (C=O) groups excluding carboxylic acids is 1. The first-order chi connectivity index (χ1) is 35.5. The summed E-state index contributed by atoms with van der Waals surface area (Å²) in [4.78, 5) is 32.7. The summed E-state index contributed by atoms with van der Waals surface area (Å²) in [6, 6.07) is 15.2. The second-order valence-corrected chi connectivity index (χ2v) is 17.6. The number of nitrogens with two attached hydrogens (primary N) is 1. The number of rotatable bonds is 15. The topological polar surface area (TPSA) is 276 Å². The summed E-state index contributed by atoms with van der Waals surface area (Å²) in [5, 5.41) is 48.8. The Kier molecular flexibility index (Phi) is 13.6. The van der Waals surface area contributed by atoms with Crippen molar-refractivity contribution in [1.29, 1.82) is 0 Å². The van der Waals surface area contributed by atoms with Crippen molar-refractivity contribution < 1.29 is 23.5 Å². The maximum absolute atomic E-state index is 15.1. The molecule has 12 rings (SSSR count). The number of benzene rings is 2. The third-order valence-electron chi connectivity index (χ3n) is 12.5. The van der Waals surface area contributed by atoms with Gasteiger partial charge >= 0.3 is 5.97 Å². The van der Waals surface area contributed by atoms with Gasteiger partial charge in [0.2, 0.25) is 0 Å². The van der Waals surface area contributed by atoms with E-state index in [0.29, 0.717) is 65.8 Å². The number of halogens is 2. The molecule has 8 aromatic heterocycles. The number of fused-ring (bicyclic) bond motifs is 2. The van der Waals surface area contributed by atoms with E-state index in [9.17, 15) is 14.0 Å². The number of tetrazole rings is 2. The third kappa shape index (κ3) is 10.7. The molecule has 2 fully saturated rings. The van der Waals surface area contributed by atoms with Crippen LogP contribution in [0, 0.1) is 11.6 Å². The highest BCUT2D eigenvalue weighted by Crippen LogP contribution is 2.40. The SMILES string of the molecule is CCc1ccc(-n2cnnn2)c(CN)c1F.CCc1ccc(-n2cnnn2)c(CNC(=O)c2cn(Cc3cn4cc(C5CC5)ccc4n3)nn2)c1F.O=C(O)c1cn(Cc2cn3cc(C4CC4)ccc3n2)nn1. The molecule has 0 atom stereocenters. The number of carboxylic acid groups (broad SMARTS) is 1. The highest BCUT2D eigenvalue weighted by Gasteiger charge is 2.25. The summed E-state index contributed by atoms with van der Waals surface area (Å²) in [7, 11) is 0. The Balaban J connectivity index is 0.000000139. The minimum Gasteiger partial charge on any atom is -0.476 e. The Hall–Kier alpha value is -9.00. The Morgan fingerprint density at radius 3 is 1.59 bits per heavy atom. The molecule has 0 aliphatic heterocycles. The maximum atomic E-state index is 15.1. The molecule has 8 heterocycles. The van der Waals surface area contributed by atoms with E-state index in [0.717, 1.165) is 22.7 Å². The Morgan fingerprint density at radius 1 is 0.644 bits per heavy atom. The summed E-state index contributed by atoms with van der Waals surface area (Å²) in [5.74, 6) is -0.837. The van der Waals surface area contributed by atoms with Crippen molar-refractivity contribution in [3.8, 4) is 11.4 Å². The summed E-state index contributed by atoms with van der Waals surface area (Å²) in [5.41, 5.74) is 14.6.